The number of nitro groups is 1. The zero-order chi connectivity index (χ0) is 13.7. The highest BCUT2D eigenvalue weighted by atomic mass is 35.5. The summed E-state index contributed by atoms with van der Waals surface area (Å²) in [5.74, 6) is -0.586. The summed E-state index contributed by atoms with van der Waals surface area (Å²) in [5.41, 5.74) is 0.181. The minimum Gasteiger partial charge on any atom is -0.496 e. The van der Waals surface area contributed by atoms with Gasteiger partial charge >= 0.3 is 5.97 Å². The molecule has 0 atom stereocenters. The van der Waals surface area contributed by atoms with Gasteiger partial charge in [-0.25, -0.2) is 4.79 Å². The Morgan fingerprint density at radius 1 is 1.50 bits per heavy atom. The second-order valence-corrected chi connectivity index (χ2v) is 3.56. The maximum Gasteiger partial charge on any atom is 0.341 e. The lowest BCUT2D eigenvalue weighted by Gasteiger charge is -2.09. The normalized spacial score (nSPS) is 9.94. The number of carbonyl (C=O) groups excluding carboxylic acids is 1. The zero-order valence-corrected chi connectivity index (χ0v) is 10.7. The Bertz CT molecular complexity index is 475. The number of nitro benzene ring substituents is 1. The fraction of sp³-hybridized carbons (Fsp3) is 0.364. The topological polar surface area (TPSA) is 78.7 Å². The minimum absolute atomic E-state index is 0.0767. The molecule has 0 aliphatic carbocycles. The van der Waals surface area contributed by atoms with Crippen LogP contribution in [-0.2, 0) is 10.6 Å². The van der Waals surface area contributed by atoms with Crippen LogP contribution >= 0.6 is 11.6 Å². The van der Waals surface area contributed by atoms with E-state index in [4.69, 9.17) is 21.1 Å². The predicted octanol–water partition coefficient (Wildman–Crippen LogP) is 2.52. The van der Waals surface area contributed by atoms with Crippen LogP contribution in [-0.4, -0.2) is 24.6 Å². The number of ether oxygens (including phenoxy) is 2. The van der Waals surface area contributed by atoms with Crippen LogP contribution in [0.4, 0.5) is 5.69 Å². The number of hydrogen-bond acceptors (Lipinski definition) is 5. The average molecular weight is 274 g/mol. The highest BCUT2D eigenvalue weighted by molar-refractivity contribution is 6.17. The fourth-order valence-corrected chi connectivity index (χ4v) is 1.64. The molecule has 0 radical (unpaired) electrons. The van der Waals surface area contributed by atoms with Gasteiger partial charge in [-0.15, -0.1) is 11.6 Å². The first-order valence-electron chi connectivity index (χ1n) is 5.13. The molecule has 1 rings (SSSR count). The molecule has 0 aliphatic heterocycles. The van der Waals surface area contributed by atoms with E-state index < -0.39 is 10.9 Å². The Morgan fingerprint density at radius 2 is 2.17 bits per heavy atom. The first-order valence-corrected chi connectivity index (χ1v) is 5.67. The standard InChI is InChI=1S/C11H12ClNO5/c1-3-18-11(14)8-4-7(6-12)9(13(15)16)5-10(8)17-2/h4-5H,3,6H2,1-2H3. The van der Waals surface area contributed by atoms with Crippen LogP contribution < -0.4 is 4.74 Å². The Kier molecular flexibility index (Phi) is 4.91. The van der Waals surface area contributed by atoms with Gasteiger partial charge in [0.2, 0.25) is 0 Å². The summed E-state index contributed by atoms with van der Waals surface area (Å²) in [6.07, 6.45) is 0. The molecule has 0 bridgehead atoms. The van der Waals surface area contributed by atoms with Gasteiger partial charge in [-0.2, -0.15) is 0 Å². The third-order valence-corrected chi connectivity index (χ3v) is 2.52. The predicted molar refractivity (Wildman–Crippen MR) is 65.2 cm³/mol. The number of methoxy groups -OCH3 is 1. The molecular weight excluding hydrogens is 262 g/mol. The summed E-state index contributed by atoms with van der Waals surface area (Å²) < 4.78 is 9.79. The second-order valence-electron chi connectivity index (χ2n) is 3.29. The lowest BCUT2D eigenvalue weighted by Crippen LogP contribution is -2.08. The fourth-order valence-electron chi connectivity index (χ4n) is 1.43. The third kappa shape index (κ3) is 2.89. The highest BCUT2D eigenvalue weighted by Gasteiger charge is 2.22. The molecule has 0 spiro atoms. The van der Waals surface area contributed by atoms with Crippen molar-refractivity contribution in [2.45, 2.75) is 12.8 Å². The number of alkyl halides is 1. The Hall–Kier alpha value is -1.82. The van der Waals surface area contributed by atoms with Gasteiger partial charge in [0.05, 0.1) is 30.6 Å². The lowest BCUT2D eigenvalue weighted by molar-refractivity contribution is -0.385. The van der Waals surface area contributed by atoms with E-state index >= 15 is 0 Å². The van der Waals surface area contributed by atoms with E-state index in [0.29, 0.717) is 0 Å². The van der Waals surface area contributed by atoms with Gasteiger partial charge in [-0.05, 0) is 13.0 Å². The largest absolute Gasteiger partial charge is 0.496 e. The smallest absolute Gasteiger partial charge is 0.341 e. The molecule has 0 amide bonds. The van der Waals surface area contributed by atoms with Gasteiger partial charge in [0.15, 0.2) is 0 Å². The third-order valence-electron chi connectivity index (χ3n) is 2.24. The average Bonchev–Trinajstić information content (AvgIpc) is 2.37. The van der Waals surface area contributed by atoms with Crippen LogP contribution in [0, 0.1) is 10.1 Å². The van der Waals surface area contributed by atoms with E-state index in [2.05, 4.69) is 0 Å². The van der Waals surface area contributed by atoms with Crippen LogP contribution in [0.5, 0.6) is 5.75 Å². The number of rotatable bonds is 5. The van der Waals surface area contributed by atoms with E-state index in [1.54, 1.807) is 6.92 Å². The van der Waals surface area contributed by atoms with Gasteiger partial charge in [-0.3, -0.25) is 10.1 Å². The number of hydrogen-bond donors (Lipinski definition) is 0. The van der Waals surface area contributed by atoms with Gasteiger partial charge < -0.3 is 9.47 Å². The number of carbonyl (C=O) groups is 1. The quantitative estimate of drug-likeness (QED) is 0.356. The maximum atomic E-state index is 11.7. The molecule has 1 aromatic rings. The van der Waals surface area contributed by atoms with Crippen molar-refractivity contribution >= 4 is 23.3 Å². The number of halogens is 1. The molecule has 1 aromatic carbocycles. The van der Waals surface area contributed by atoms with Crippen LogP contribution in [0.25, 0.3) is 0 Å². The second kappa shape index (κ2) is 6.20. The lowest BCUT2D eigenvalue weighted by atomic mass is 10.1. The van der Waals surface area contributed by atoms with Crippen LogP contribution in [0.2, 0.25) is 0 Å². The molecule has 0 saturated heterocycles. The Morgan fingerprint density at radius 3 is 2.61 bits per heavy atom. The first kappa shape index (κ1) is 14.2. The van der Waals surface area contributed by atoms with Crippen molar-refractivity contribution in [1.82, 2.24) is 0 Å². The van der Waals surface area contributed by atoms with Crippen molar-refractivity contribution in [2.75, 3.05) is 13.7 Å². The van der Waals surface area contributed by atoms with Crippen molar-refractivity contribution in [1.29, 1.82) is 0 Å². The number of esters is 1. The summed E-state index contributed by atoms with van der Waals surface area (Å²) in [6.45, 7) is 1.87. The van der Waals surface area contributed by atoms with E-state index in [1.165, 1.54) is 19.2 Å². The molecule has 7 heteroatoms. The first-order chi connectivity index (χ1) is 8.54. The zero-order valence-electron chi connectivity index (χ0n) is 9.94. The number of nitrogens with zero attached hydrogens (tertiary/aromatic N) is 1. The summed E-state index contributed by atoms with van der Waals surface area (Å²) in [7, 11) is 1.32. The van der Waals surface area contributed by atoms with Gasteiger partial charge in [0.25, 0.3) is 5.69 Å². The summed E-state index contributed by atoms with van der Waals surface area (Å²) in [5, 5.41) is 10.8. The molecule has 0 fully saturated rings. The Balaban J connectivity index is 3.34. The summed E-state index contributed by atoms with van der Waals surface area (Å²) in [4.78, 5) is 21.9. The number of benzene rings is 1. The van der Waals surface area contributed by atoms with Crippen LogP contribution in [0.3, 0.4) is 0 Å². The summed E-state index contributed by atoms with van der Waals surface area (Å²) >= 11 is 5.63. The van der Waals surface area contributed by atoms with Crippen molar-refractivity contribution in [3.8, 4) is 5.75 Å². The minimum atomic E-state index is -0.601. The highest BCUT2D eigenvalue weighted by Crippen LogP contribution is 2.30. The molecule has 0 aromatic heterocycles. The van der Waals surface area contributed by atoms with Crippen molar-refractivity contribution in [3.05, 3.63) is 33.4 Å². The molecule has 0 saturated carbocycles. The van der Waals surface area contributed by atoms with E-state index in [9.17, 15) is 14.9 Å². The van der Waals surface area contributed by atoms with Crippen molar-refractivity contribution in [2.24, 2.45) is 0 Å². The molecule has 0 unspecified atom stereocenters. The van der Waals surface area contributed by atoms with E-state index in [0.717, 1.165) is 0 Å². The molecular formula is C11H12ClNO5. The van der Waals surface area contributed by atoms with Crippen molar-refractivity contribution < 1.29 is 19.2 Å². The molecule has 0 heterocycles. The Labute approximate surface area is 109 Å². The summed E-state index contributed by atoms with van der Waals surface area (Å²) in [6, 6.07) is 2.49. The van der Waals surface area contributed by atoms with Crippen LogP contribution in [0.1, 0.15) is 22.8 Å². The molecule has 18 heavy (non-hydrogen) atoms. The van der Waals surface area contributed by atoms with Crippen molar-refractivity contribution in [3.63, 3.8) is 0 Å². The van der Waals surface area contributed by atoms with E-state index in [1.807, 2.05) is 0 Å². The molecule has 0 aliphatic rings. The molecule has 0 N–H and O–H groups in total. The molecule has 6 nitrogen and oxygen atoms in total. The van der Waals surface area contributed by atoms with E-state index in [-0.39, 0.29) is 35.1 Å². The maximum absolute atomic E-state index is 11.7. The monoisotopic (exact) mass is 273 g/mol. The van der Waals surface area contributed by atoms with Gasteiger partial charge in [-0.1, -0.05) is 0 Å². The van der Waals surface area contributed by atoms with Crippen LogP contribution in [0.15, 0.2) is 12.1 Å². The molecule has 98 valence electrons. The van der Waals surface area contributed by atoms with Gasteiger partial charge in [0.1, 0.15) is 11.3 Å². The van der Waals surface area contributed by atoms with Gasteiger partial charge in [0, 0.05) is 5.56 Å². The SMILES string of the molecule is CCOC(=O)c1cc(CCl)c([N+](=O)[O-])cc1OC.